The van der Waals surface area contributed by atoms with Crippen molar-refractivity contribution < 1.29 is 75.9 Å². The van der Waals surface area contributed by atoms with E-state index in [2.05, 4.69) is 0 Å². The lowest BCUT2D eigenvalue weighted by Crippen LogP contribution is -2.29. The van der Waals surface area contributed by atoms with E-state index < -0.39 is 69.4 Å². The second-order valence-corrected chi connectivity index (χ2v) is 18.1. The van der Waals surface area contributed by atoms with E-state index in [0.717, 1.165) is 18.2 Å². The molecule has 4 atom stereocenters. The highest BCUT2D eigenvalue weighted by atomic mass is 16.4. The van der Waals surface area contributed by atoms with E-state index in [4.69, 9.17) is 0 Å². The molecule has 19 heteroatoms. The van der Waals surface area contributed by atoms with Crippen molar-refractivity contribution in [2.75, 3.05) is 0 Å². The van der Waals surface area contributed by atoms with E-state index in [9.17, 15) is 75.9 Å². The number of hydrogen-bond donors (Lipinski definition) is 15. The highest BCUT2D eigenvalue weighted by Gasteiger charge is 2.33. The highest BCUT2D eigenvalue weighted by molar-refractivity contribution is 6.59. The fraction of sp³-hybridized carbons (Fsp3) is 0.111. The summed E-state index contributed by atoms with van der Waals surface area (Å²) in [5, 5.41) is 160. The van der Waals surface area contributed by atoms with Crippen LogP contribution in [0.5, 0.6) is 40.2 Å². The van der Waals surface area contributed by atoms with Crippen molar-refractivity contribution in [2.24, 2.45) is 0 Å². The lowest BCUT2D eigenvalue weighted by Gasteiger charge is -2.28. The van der Waals surface area contributed by atoms with Crippen LogP contribution in [-0.4, -0.2) is 104 Å². The molecule has 0 amide bonds. The Morgan fingerprint density at radius 3 is 0.945 bits per heavy atom. The fourth-order valence-electron chi connectivity index (χ4n) is 9.61. The van der Waals surface area contributed by atoms with Crippen LogP contribution >= 0.6 is 0 Å². The largest absolute Gasteiger partial charge is 0.508 e. The average molecular weight is 982 g/mol. The molecule has 0 aliphatic heterocycles. The van der Waals surface area contributed by atoms with E-state index in [0.29, 0.717) is 38.9 Å². The smallest absolute Gasteiger partial charge is 0.488 e. The van der Waals surface area contributed by atoms with Gasteiger partial charge in [-0.1, -0.05) is 110 Å². The lowest BCUT2D eigenvalue weighted by molar-refractivity contribution is 0.424. The molecular formula is C54H50B4O15. The van der Waals surface area contributed by atoms with Crippen LogP contribution in [0.4, 0.5) is 0 Å². The summed E-state index contributed by atoms with van der Waals surface area (Å²) in [5.74, 6) is -5.93. The second-order valence-electron chi connectivity index (χ2n) is 18.1. The third-order valence-corrected chi connectivity index (χ3v) is 13.6. The molecule has 4 unspecified atom stereocenters. The van der Waals surface area contributed by atoms with E-state index in [1.807, 2.05) is 0 Å². The summed E-state index contributed by atoms with van der Waals surface area (Å²) in [4.78, 5) is 0. The zero-order chi connectivity index (χ0) is 52.6. The standard InChI is InChI=1S/C54H50B4O15/c1-28-21-46(60)42(52(39-20-19-38(59)22-47(39)61)31-5-13-35(14-6-31)56(68)69)23-40(28)53(32-7-15-36(16-8-32)57(70)71)44-25-45(51(65)27-50(44)64)54(33-9-17-37(18-10-33)58(72)73)43-24-41(48(62)26-49(43)63)29(2)30-3-11-34(12-4-30)55(66)67/h3-27,29,52-54,59-73H,1-2H3. The molecule has 0 heterocycles. The maximum Gasteiger partial charge on any atom is 0.488 e. The molecule has 0 saturated carbocycles. The van der Waals surface area contributed by atoms with Crippen molar-refractivity contribution in [3.05, 3.63) is 218 Å². The summed E-state index contributed by atoms with van der Waals surface area (Å²) in [6.45, 7) is 3.52. The third-order valence-electron chi connectivity index (χ3n) is 13.6. The summed E-state index contributed by atoms with van der Waals surface area (Å²) in [6, 6.07) is 37.3. The van der Waals surface area contributed by atoms with Gasteiger partial charge in [0.15, 0.2) is 0 Å². The minimum Gasteiger partial charge on any atom is -0.508 e. The molecule has 15 nitrogen and oxygen atoms in total. The first-order valence-electron chi connectivity index (χ1n) is 23.0. The van der Waals surface area contributed by atoms with Gasteiger partial charge in [0.05, 0.1) is 0 Å². The van der Waals surface area contributed by atoms with Crippen LogP contribution < -0.4 is 21.9 Å². The number of aryl methyl sites for hydroxylation is 1. The Labute approximate surface area is 421 Å². The van der Waals surface area contributed by atoms with Gasteiger partial charge in [-0.25, -0.2) is 0 Å². The van der Waals surface area contributed by atoms with Crippen LogP contribution in [0.2, 0.25) is 0 Å². The molecule has 0 aliphatic rings. The molecule has 15 N–H and O–H groups in total. The molecule has 368 valence electrons. The van der Waals surface area contributed by atoms with Gasteiger partial charge in [-0.2, -0.15) is 0 Å². The molecule has 8 aromatic carbocycles. The molecule has 8 aromatic rings. The normalized spacial score (nSPS) is 13.0. The molecule has 8 rings (SSSR count). The zero-order valence-corrected chi connectivity index (χ0v) is 39.3. The van der Waals surface area contributed by atoms with Crippen molar-refractivity contribution in [3.8, 4) is 40.2 Å². The van der Waals surface area contributed by atoms with Gasteiger partial charge in [0.2, 0.25) is 0 Å². The minimum absolute atomic E-state index is 0.119. The van der Waals surface area contributed by atoms with Gasteiger partial charge < -0.3 is 75.9 Å². The summed E-state index contributed by atoms with van der Waals surface area (Å²) in [7, 11) is -7.17. The van der Waals surface area contributed by atoms with Crippen molar-refractivity contribution >= 4 is 50.3 Å². The number of benzene rings is 8. The lowest BCUT2D eigenvalue weighted by atomic mass is 9.74. The maximum absolute atomic E-state index is 12.1. The van der Waals surface area contributed by atoms with Gasteiger partial charge in [-0.3, -0.25) is 0 Å². The Morgan fingerprint density at radius 1 is 0.288 bits per heavy atom. The summed E-state index contributed by atoms with van der Waals surface area (Å²) >= 11 is 0. The predicted octanol–water partition coefficient (Wildman–Crippen LogP) is 2.35. The Hall–Kier alpha value is -7.70. The van der Waals surface area contributed by atoms with Gasteiger partial charge in [-0.15, -0.1) is 0 Å². The molecule has 73 heavy (non-hydrogen) atoms. The Bertz CT molecular complexity index is 3260. The Kier molecular flexibility index (Phi) is 15.0. The van der Waals surface area contributed by atoms with E-state index in [1.54, 1.807) is 74.5 Å². The van der Waals surface area contributed by atoms with Crippen LogP contribution in [0, 0.1) is 6.92 Å². The highest BCUT2D eigenvalue weighted by Crippen LogP contribution is 2.50. The SMILES string of the molecule is Cc1cc(O)c(C(c2ccc(B(O)O)cc2)c2ccc(O)cc2O)cc1C(c1ccc(B(O)O)cc1)c1cc(C(c2ccc(B(O)O)cc2)c2cc(C(C)c3ccc(B(O)O)cc3)c(O)cc2O)c(O)cc1O. The first kappa shape index (κ1) is 51.6. The maximum atomic E-state index is 12.1. The number of hydrogen-bond acceptors (Lipinski definition) is 15. The third kappa shape index (κ3) is 10.6. The van der Waals surface area contributed by atoms with Crippen LogP contribution in [0.25, 0.3) is 0 Å². The van der Waals surface area contributed by atoms with Crippen molar-refractivity contribution in [3.63, 3.8) is 0 Å². The Balaban J connectivity index is 1.38. The van der Waals surface area contributed by atoms with E-state index in [-0.39, 0.29) is 72.7 Å². The first-order valence-corrected chi connectivity index (χ1v) is 23.0. The summed E-state index contributed by atoms with van der Waals surface area (Å²) in [6.07, 6.45) is 0. The number of phenolic OH excluding ortho intramolecular Hbond substituents is 7. The molecule has 0 saturated heterocycles. The van der Waals surface area contributed by atoms with Gasteiger partial charge >= 0.3 is 28.5 Å². The topological polar surface area (TPSA) is 303 Å². The fourth-order valence-corrected chi connectivity index (χ4v) is 9.61. The number of aromatic hydroxyl groups is 7. The van der Waals surface area contributed by atoms with Crippen molar-refractivity contribution in [1.82, 2.24) is 0 Å². The molecule has 0 bridgehead atoms. The first-order chi connectivity index (χ1) is 34.7. The van der Waals surface area contributed by atoms with E-state index in [1.165, 1.54) is 72.8 Å². The molecule has 0 fully saturated rings. The Morgan fingerprint density at radius 2 is 0.575 bits per heavy atom. The van der Waals surface area contributed by atoms with Crippen LogP contribution in [0.3, 0.4) is 0 Å². The molecule has 0 aromatic heterocycles. The molecular weight excluding hydrogens is 932 g/mol. The van der Waals surface area contributed by atoms with E-state index >= 15 is 0 Å². The minimum atomic E-state index is -1.84. The molecule has 0 spiro atoms. The number of rotatable bonds is 15. The monoisotopic (exact) mass is 982 g/mol. The van der Waals surface area contributed by atoms with Crippen LogP contribution in [-0.2, 0) is 0 Å². The summed E-state index contributed by atoms with van der Waals surface area (Å²) in [5.41, 5.74) is 4.95. The average Bonchev–Trinajstić information content (AvgIpc) is 3.35. The summed E-state index contributed by atoms with van der Waals surface area (Å²) < 4.78 is 0. The number of phenols is 7. The van der Waals surface area contributed by atoms with Gasteiger partial charge in [-0.05, 0) is 92.5 Å². The van der Waals surface area contributed by atoms with Gasteiger partial charge in [0, 0.05) is 75.3 Å². The van der Waals surface area contributed by atoms with Crippen LogP contribution in [0.15, 0.2) is 152 Å². The van der Waals surface area contributed by atoms with Crippen molar-refractivity contribution in [2.45, 2.75) is 37.5 Å². The predicted molar refractivity (Wildman–Crippen MR) is 278 cm³/mol. The van der Waals surface area contributed by atoms with Crippen LogP contribution in [0.1, 0.15) is 97.4 Å². The zero-order valence-electron chi connectivity index (χ0n) is 39.3. The quantitative estimate of drug-likeness (QED) is 0.0518. The second kappa shape index (κ2) is 21.2. The van der Waals surface area contributed by atoms with Gasteiger partial charge in [0.25, 0.3) is 0 Å². The van der Waals surface area contributed by atoms with Crippen molar-refractivity contribution in [1.29, 1.82) is 0 Å². The van der Waals surface area contributed by atoms with Gasteiger partial charge in [0.1, 0.15) is 40.2 Å². The molecule has 0 aliphatic carbocycles. The molecule has 0 radical (unpaired) electrons.